The van der Waals surface area contributed by atoms with Crippen molar-refractivity contribution in [3.63, 3.8) is 0 Å². The van der Waals surface area contributed by atoms with Crippen molar-refractivity contribution in [2.75, 3.05) is 12.3 Å². The van der Waals surface area contributed by atoms with E-state index in [9.17, 15) is 9.59 Å². The van der Waals surface area contributed by atoms with Crippen LogP contribution < -0.4 is 5.32 Å². The number of hydrogen-bond donors (Lipinski definition) is 1. The largest absolute Gasteiger partial charge is 0.349 e. The van der Waals surface area contributed by atoms with E-state index >= 15 is 0 Å². The fourth-order valence-electron chi connectivity index (χ4n) is 5.34. The van der Waals surface area contributed by atoms with Crippen LogP contribution in [0.15, 0.2) is 54.6 Å². The molecular formula is C25H28N2O2S. The Morgan fingerprint density at radius 1 is 1.03 bits per heavy atom. The van der Waals surface area contributed by atoms with E-state index in [0.717, 1.165) is 24.3 Å². The summed E-state index contributed by atoms with van der Waals surface area (Å²) >= 11 is 1.67. The average molecular weight is 421 g/mol. The van der Waals surface area contributed by atoms with Gasteiger partial charge in [-0.1, -0.05) is 48.9 Å². The lowest BCUT2D eigenvalue weighted by Crippen LogP contribution is -2.38. The highest BCUT2D eigenvalue weighted by Crippen LogP contribution is 2.44. The second-order valence-electron chi connectivity index (χ2n) is 8.86. The Labute approximate surface area is 182 Å². The molecule has 5 heteroatoms. The van der Waals surface area contributed by atoms with Crippen LogP contribution in [0, 0.1) is 11.8 Å². The van der Waals surface area contributed by atoms with Gasteiger partial charge < -0.3 is 10.2 Å². The number of amides is 2. The number of benzene rings is 2. The fourth-order valence-corrected chi connectivity index (χ4v) is 6.56. The Kier molecular flexibility index (Phi) is 5.55. The maximum absolute atomic E-state index is 12.7. The molecule has 2 saturated carbocycles. The highest BCUT2D eigenvalue weighted by molar-refractivity contribution is 8.00. The summed E-state index contributed by atoms with van der Waals surface area (Å²) in [4.78, 5) is 27.1. The highest BCUT2D eigenvalue weighted by atomic mass is 32.2. The minimum atomic E-state index is 0.0314. The predicted octanol–water partition coefficient (Wildman–Crippen LogP) is 4.42. The molecule has 2 amide bonds. The van der Waals surface area contributed by atoms with Gasteiger partial charge in [0.25, 0.3) is 5.91 Å². The molecule has 156 valence electrons. The second-order valence-corrected chi connectivity index (χ2v) is 9.93. The first-order valence-electron chi connectivity index (χ1n) is 11.0. The summed E-state index contributed by atoms with van der Waals surface area (Å²) in [5.74, 6) is 2.25. The van der Waals surface area contributed by atoms with Gasteiger partial charge in [0, 0.05) is 18.2 Å². The molecule has 0 unspecified atom stereocenters. The van der Waals surface area contributed by atoms with Gasteiger partial charge in [-0.3, -0.25) is 9.59 Å². The van der Waals surface area contributed by atoms with E-state index < -0.39 is 0 Å². The van der Waals surface area contributed by atoms with Crippen LogP contribution in [0.25, 0.3) is 0 Å². The number of hydrogen-bond acceptors (Lipinski definition) is 3. The molecule has 0 aromatic heterocycles. The van der Waals surface area contributed by atoms with E-state index in [4.69, 9.17) is 0 Å². The normalized spacial score (nSPS) is 27.6. The molecule has 2 aromatic rings. The molecule has 1 heterocycles. The molecule has 1 saturated heterocycles. The standard InChI is InChI=1S/C25H28N2O2S/c28-23-16-30-25(27(23)13-12-17-4-2-1-3-5-17)20-10-8-19(9-11-20)24(29)26-22-15-18-6-7-21(22)14-18/h1-5,8-11,18,21-22,25H,6-7,12-16H2,(H,26,29)/t18-,21-,22+,25-/m1/s1. The Morgan fingerprint density at radius 3 is 2.53 bits per heavy atom. The first kappa shape index (κ1) is 19.7. The monoisotopic (exact) mass is 420 g/mol. The van der Waals surface area contributed by atoms with E-state index in [2.05, 4.69) is 17.4 Å². The van der Waals surface area contributed by atoms with Crippen molar-refractivity contribution >= 4 is 23.6 Å². The molecule has 1 N–H and O–H groups in total. The van der Waals surface area contributed by atoms with Gasteiger partial charge in [0.05, 0.1) is 5.75 Å². The molecule has 3 fully saturated rings. The van der Waals surface area contributed by atoms with Crippen LogP contribution in [0.2, 0.25) is 0 Å². The maximum atomic E-state index is 12.7. The number of carbonyl (C=O) groups is 2. The summed E-state index contributed by atoms with van der Waals surface area (Å²) < 4.78 is 0. The Hall–Kier alpha value is -2.27. The molecule has 4 atom stereocenters. The third kappa shape index (κ3) is 4.00. The topological polar surface area (TPSA) is 49.4 Å². The third-order valence-corrected chi connectivity index (χ3v) is 8.22. The van der Waals surface area contributed by atoms with Crippen LogP contribution in [0.1, 0.15) is 52.5 Å². The SMILES string of the molecule is O=C(N[C@H]1C[C@@H]2CC[C@@H]1C2)c1ccc([C@H]2SCC(=O)N2CCc2ccccc2)cc1. The van der Waals surface area contributed by atoms with Crippen LogP contribution in [-0.4, -0.2) is 35.1 Å². The summed E-state index contributed by atoms with van der Waals surface area (Å²) in [6.45, 7) is 0.715. The van der Waals surface area contributed by atoms with Crippen LogP contribution in [0.3, 0.4) is 0 Å². The summed E-state index contributed by atoms with van der Waals surface area (Å²) in [7, 11) is 0. The van der Waals surface area contributed by atoms with Crippen molar-refractivity contribution in [3.8, 4) is 0 Å². The zero-order chi connectivity index (χ0) is 20.5. The predicted molar refractivity (Wildman–Crippen MR) is 120 cm³/mol. The van der Waals surface area contributed by atoms with E-state index in [1.54, 1.807) is 11.8 Å². The van der Waals surface area contributed by atoms with Gasteiger partial charge in [0.1, 0.15) is 5.37 Å². The molecule has 2 aliphatic carbocycles. The van der Waals surface area contributed by atoms with E-state index in [0.29, 0.717) is 29.8 Å². The van der Waals surface area contributed by atoms with E-state index in [1.807, 2.05) is 47.4 Å². The quantitative estimate of drug-likeness (QED) is 0.753. The van der Waals surface area contributed by atoms with Gasteiger partial charge in [0.15, 0.2) is 0 Å². The highest BCUT2D eigenvalue weighted by Gasteiger charge is 2.40. The van der Waals surface area contributed by atoms with E-state index in [1.165, 1.54) is 24.8 Å². The number of nitrogens with one attached hydrogen (secondary N) is 1. The molecule has 0 spiro atoms. The van der Waals surface area contributed by atoms with Crippen LogP contribution in [0.4, 0.5) is 0 Å². The minimum Gasteiger partial charge on any atom is -0.349 e. The fraction of sp³-hybridized carbons (Fsp3) is 0.440. The average Bonchev–Trinajstić information content (AvgIpc) is 3.49. The Bertz CT molecular complexity index is 915. The zero-order valence-corrected chi connectivity index (χ0v) is 17.9. The van der Waals surface area contributed by atoms with Crippen molar-refractivity contribution in [3.05, 3.63) is 71.3 Å². The number of nitrogens with zero attached hydrogens (tertiary/aromatic N) is 1. The molecule has 2 aromatic carbocycles. The molecule has 30 heavy (non-hydrogen) atoms. The second kappa shape index (κ2) is 8.46. The molecule has 1 aliphatic heterocycles. The third-order valence-electron chi connectivity index (χ3n) is 6.96. The van der Waals surface area contributed by atoms with Crippen molar-refractivity contribution in [1.82, 2.24) is 10.2 Å². The van der Waals surface area contributed by atoms with Gasteiger partial charge in [0.2, 0.25) is 5.91 Å². The van der Waals surface area contributed by atoms with Gasteiger partial charge >= 0.3 is 0 Å². The van der Waals surface area contributed by atoms with Crippen LogP contribution in [-0.2, 0) is 11.2 Å². The summed E-state index contributed by atoms with van der Waals surface area (Å²) in [6, 6.07) is 18.5. The van der Waals surface area contributed by atoms with Crippen molar-refractivity contribution in [2.24, 2.45) is 11.8 Å². The van der Waals surface area contributed by atoms with Gasteiger partial charge in [-0.25, -0.2) is 0 Å². The van der Waals surface area contributed by atoms with Crippen LogP contribution in [0.5, 0.6) is 0 Å². The number of rotatable bonds is 6. The number of thioether (sulfide) groups is 1. The summed E-state index contributed by atoms with van der Waals surface area (Å²) in [6.07, 6.45) is 5.89. The van der Waals surface area contributed by atoms with Gasteiger partial charge in [-0.15, -0.1) is 11.8 Å². The van der Waals surface area contributed by atoms with Gasteiger partial charge in [-0.05, 0) is 60.8 Å². The first-order valence-corrected chi connectivity index (χ1v) is 12.1. The molecule has 3 aliphatic rings. The molecule has 4 nitrogen and oxygen atoms in total. The smallest absolute Gasteiger partial charge is 0.251 e. The molecule has 5 rings (SSSR count). The Morgan fingerprint density at radius 2 is 1.83 bits per heavy atom. The van der Waals surface area contributed by atoms with Crippen molar-refractivity contribution < 1.29 is 9.59 Å². The first-order chi connectivity index (χ1) is 14.7. The molecule has 2 bridgehead atoms. The summed E-state index contributed by atoms with van der Waals surface area (Å²) in [5, 5.41) is 3.29. The van der Waals surface area contributed by atoms with Crippen LogP contribution >= 0.6 is 11.8 Å². The van der Waals surface area contributed by atoms with E-state index in [-0.39, 0.29) is 17.2 Å². The van der Waals surface area contributed by atoms with Gasteiger partial charge in [-0.2, -0.15) is 0 Å². The van der Waals surface area contributed by atoms with Crippen molar-refractivity contribution in [2.45, 2.75) is 43.5 Å². The lowest BCUT2D eigenvalue weighted by molar-refractivity contribution is -0.128. The number of fused-ring (bicyclic) bond motifs is 2. The molecule has 0 radical (unpaired) electrons. The Balaban J connectivity index is 1.22. The number of carbonyl (C=O) groups excluding carboxylic acids is 2. The lowest BCUT2D eigenvalue weighted by Gasteiger charge is -2.25. The summed E-state index contributed by atoms with van der Waals surface area (Å²) in [5.41, 5.74) is 3.05. The maximum Gasteiger partial charge on any atom is 0.251 e. The molecular weight excluding hydrogens is 392 g/mol. The van der Waals surface area contributed by atoms with Crippen molar-refractivity contribution in [1.29, 1.82) is 0 Å². The minimum absolute atomic E-state index is 0.0314. The lowest BCUT2D eigenvalue weighted by atomic mass is 9.95. The zero-order valence-electron chi connectivity index (χ0n) is 17.1.